The fraction of sp³-hybridized carbons (Fsp3) is 0.852. The van der Waals surface area contributed by atoms with Gasteiger partial charge in [-0.05, 0) is 32.6 Å². The van der Waals surface area contributed by atoms with Crippen molar-refractivity contribution in [3.63, 3.8) is 0 Å². The number of rotatable bonds is 21. The Morgan fingerprint density at radius 2 is 0.903 bits per heavy atom. The summed E-state index contributed by atoms with van der Waals surface area (Å²) in [5.41, 5.74) is 0.936. The van der Waals surface area contributed by atoms with Crippen molar-refractivity contribution in [3.8, 4) is 0 Å². The first-order valence-corrected chi connectivity index (χ1v) is 13.1. The van der Waals surface area contributed by atoms with Gasteiger partial charge in [0.15, 0.2) is 0 Å². The number of ether oxygens (including phenoxy) is 2. The molecule has 4 heteroatoms. The minimum Gasteiger partial charge on any atom is -0.462 e. The van der Waals surface area contributed by atoms with Gasteiger partial charge in [0.25, 0.3) is 0 Å². The van der Waals surface area contributed by atoms with E-state index < -0.39 is 0 Å². The summed E-state index contributed by atoms with van der Waals surface area (Å²) in [4.78, 5) is 25.2. The normalized spacial score (nSPS) is 11.9. The molecule has 0 bridgehead atoms. The highest BCUT2D eigenvalue weighted by Gasteiger charge is 2.19. The third-order valence-electron chi connectivity index (χ3n) is 5.75. The van der Waals surface area contributed by atoms with Crippen molar-refractivity contribution in [2.45, 2.75) is 137 Å². The third kappa shape index (κ3) is 17.0. The van der Waals surface area contributed by atoms with Gasteiger partial charge in [0, 0.05) is 11.1 Å². The first-order valence-electron chi connectivity index (χ1n) is 13.1. The molecule has 0 aromatic carbocycles. The molecular weight excluding hydrogens is 388 g/mol. The molecule has 0 saturated carbocycles. The molecule has 0 rings (SSSR count). The van der Waals surface area contributed by atoms with Crippen LogP contribution in [0.25, 0.3) is 0 Å². The van der Waals surface area contributed by atoms with E-state index in [4.69, 9.17) is 9.47 Å². The molecule has 0 heterocycles. The van der Waals surface area contributed by atoms with E-state index in [1.54, 1.807) is 6.92 Å². The molecule has 0 spiro atoms. The van der Waals surface area contributed by atoms with Gasteiger partial charge in [-0.25, -0.2) is 9.59 Å². The van der Waals surface area contributed by atoms with Crippen LogP contribution in [0.5, 0.6) is 0 Å². The lowest BCUT2D eigenvalue weighted by atomic mass is 10.0. The molecular formula is C27H50O4. The first kappa shape index (κ1) is 29.7. The van der Waals surface area contributed by atoms with Gasteiger partial charge in [-0.15, -0.1) is 0 Å². The summed E-state index contributed by atoms with van der Waals surface area (Å²) in [6.45, 7) is 9.15. The average Bonchev–Trinajstić information content (AvgIpc) is 2.77. The standard InChI is InChI=1S/C27H50O4/c1-5-8-11-14-16-19-22-30-26(28)24(4)25(21-18-13-10-7-3)27(29)31-23-20-17-15-12-9-6-2/h5-23H2,1-4H3. The van der Waals surface area contributed by atoms with Gasteiger partial charge in [0.2, 0.25) is 0 Å². The second kappa shape index (κ2) is 21.9. The first-order chi connectivity index (χ1) is 15.1. The molecule has 4 nitrogen and oxygen atoms in total. The van der Waals surface area contributed by atoms with Crippen LogP contribution in [-0.2, 0) is 19.1 Å². The van der Waals surface area contributed by atoms with Gasteiger partial charge >= 0.3 is 11.9 Å². The molecule has 0 saturated heterocycles. The zero-order chi connectivity index (χ0) is 23.2. The highest BCUT2D eigenvalue weighted by Crippen LogP contribution is 2.18. The second-order valence-corrected chi connectivity index (χ2v) is 8.72. The van der Waals surface area contributed by atoms with Gasteiger partial charge in [0.05, 0.1) is 13.2 Å². The lowest BCUT2D eigenvalue weighted by Crippen LogP contribution is -2.16. The fourth-order valence-corrected chi connectivity index (χ4v) is 3.58. The van der Waals surface area contributed by atoms with Gasteiger partial charge < -0.3 is 9.47 Å². The smallest absolute Gasteiger partial charge is 0.334 e. The van der Waals surface area contributed by atoms with Crippen molar-refractivity contribution < 1.29 is 19.1 Å². The lowest BCUT2D eigenvalue weighted by Gasteiger charge is -2.12. The zero-order valence-corrected chi connectivity index (χ0v) is 21.1. The van der Waals surface area contributed by atoms with E-state index in [1.165, 1.54) is 51.4 Å². The minimum absolute atomic E-state index is 0.334. The van der Waals surface area contributed by atoms with Crippen molar-refractivity contribution in [3.05, 3.63) is 11.1 Å². The van der Waals surface area contributed by atoms with Crippen LogP contribution < -0.4 is 0 Å². The van der Waals surface area contributed by atoms with Gasteiger partial charge in [-0.3, -0.25) is 0 Å². The van der Waals surface area contributed by atoms with Crippen LogP contribution >= 0.6 is 0 Å². The topological polar surface area (TPSA) is 52.6 Å². The van der Waals surface area contributed by atoms with Crippen LogP contribution in [0.1, 0.15) is 137 Å². The van der Waals surface area contributed by atoms with E-state index in [0.717, 1.165) is 51.4 Å². The zero-order valence-electron chi connectivity index (χ0n) is 21.1. The molecule has 182 valence electrons. The molecule has 0 fully saturated rings. The minimum atomic E-state index is -0.365. The van der Waals surface area contributed by atoms with Crippen LogP contribution in [-0.4, -0.2) is 25.2 Å². The van der Waals surface area contributed by atoms with Gasteiger partial charge in [0.1, 0.15) is 0 Å². The molecule has 0 aliphatic rings. The molecule has 0 aromatic rings. The maximum absolute atomic E-state index is 12.7. The predicted molar refractivity (Wildman–Crippen MR) is 130 cm³/mol. The Morgan fingerprint density at radius 3 is 1.39 bits per heavy atom. The molecule has 0 aromatic heterocycles. The molecule has 0 radical (unpaired) electrons. The van der Waals surface area contributed by atoms with E-state index in [-0.39, 0.29) is 11.9 Å². The number of unbranched alkanes of at least 4 members (excludes halogenated alkanes) is 13. The largest absolute Gasteiger partial charge is 0.462 e. The fourth-order valence-electron chi connectivity index (χ4n) is 3.58. The van der Waals surface area contributed by atoms with Gasteiger partial charge in [-0.1, -0.05) is 104 Å². The molecule has 0 N–H and O–H groups in total. The summed E-state index contributed by atoms with van der Waals surface area (Å²) >= 11 is 0. The van der Waals surface area contributed by atoms with Crippen LogP contribution in [0.3, 0.4) is 0 Å². The van der Waals surface area contributed by atoms with Crippen LogP contribution in [0.2, 0.25) is 0 Å². The summed E-state index contributed by atoms with van der Waals surface area (Å²) < 4.78 is 11.0. The highest BCUT2D eigenvalue weighted by atomic mass is 16.5. The molecule has 0 aliphatic heterocycles. The Hall–Kier alpha value is -1.32. The summed E-state index contributed by atoms with van der Waals surface area (Å²) in [6.07, 6.45) is 18.6. The number of carbonyl (C=O) groups excluding carboxylic acids is 2. The van der Waals surface area contributed by atoms with E-state index in [9.17, 15) is 9.59 Å². The van der Waals surface area contributed by atoms with Crippen molar-refractivity contribution in [1.82, 2.24) is 0 Å². The quantitative estimate of drug-likeness (QED) is 0.103. The van der Waals surface area contributed by atoms with Crippen molar-refractivity contribution in [2.24, 2.45) is 0 Å². The number of hydrogen-bond acceptors (Lipinski definition) is 4. The number of hydrogen-bond donors (Lipinski definition) is 0. The van der Waals surface area contributed by atoms with Crippen molar-refractivity contribution >= 4 is 11.9 Å². The SMILES string of the molecule is CCCCCCCCOC(=O)C(C)=C(CCCCCC)C(=O)OCCCCCCCC. The molecule has 0 amide bonds. The molecule has 0 unspecified atom stereocenters. The number of esters is 2. The Bertz CT molecular complexity index is 482. The molecule has 0 atom stereocenters. The van der Waals surface area contributed by atoms with Crippen molar-refractivity contribution in [2.75, 3.05) is 13.2 Å². The summed E-state index contributed by atoms with van der Waals surface area (Å²) in [5.74, 6) is -0.699. The van der Waals surface area contributed by atoms with E-state index in [0.29, 0.717) is 30.8 Å². The summed E-state index contributed by atoms with van der Waals surface area (Å²) in [5, 5.41) is 0. The Kier molecular flexibility index (Phi) is 21.0. The van der Waals surface area contributed by atoms with E-state index in [1.807, 2.05) is 0 Å². The van der Waals surface area contributed by atoms with Crippen molar-refractivity contribution in [1.29, 1.82) is 0 Å². The van der Waals surface area contributed by atoms with Crippen LogP contribution in [0.4, 0.5) is 0 Å². The number of carbonyl (C=O) groups is 2. The Labute approximate surface area is 192 Å². The van der Waals surface area contributed by atoms with Crippen LogP contribution in [0.15, 0.2) is 11.1 Å². The maximum Gasteiger partial charge on any atom is 0.334 e. The summed E-state index contributed by atoms with van der Waals surface area (Å²) in [6, 6.07) is 0. The highest BCUT2D eigenvalue weighted by molar-refractivity contribution is 5.99. The Balaban J connectivity index is 4.54. The van der Waals surface area contributed by atoms with Gasteiger partial charge in [-0.2, -0.15) is 0 Å². The monoisotopic (exact) mass is 438 g/mol. The summed E-state index contributed by atoms with van der Waals surface area (Å²) in [7, 11) is 0. The second-order valence-electron chi connectivity index (χ2n) is 8.72. The predicted octanol–water partition coefficient (Wildman–Crippen LogP) is 8.08. The van der Waals surface area contributed by atoms with E-state index >= 15 is 0 Å². The molecule has 0 aliphatic carbocycles. The average molecular weight is 439 g/mol. The lowest BCUT2D eigenvalue weighted by molar-refractivity contribution is -0.142. The van der Waals surface area contributed by atoms with E-state index in [2.05, 4.69) is 20.8 Å². The maximum atomic E-state index is 12.7. The third-order valence-corrected chi connectivity index (χ3v) is 5.75. The Morgan fingerprint density at radius 1 is 0.516 bits per heavy atom. The van der Waals surface area contributed by atoms with Crippen LogP contribution in [0, 0.1) is 0 Å². The molecule has 31 heavy (non-hydrogen) atoms.